The van der Waals surface area contributed by atoms with Gasteiger partial charge in [-0.1, -0.05) is 24.3 Å². The van der Waals surface area contributed by atoms with Gasteiger partial charge in [0.15, 0.2) is 0 Å². The molecule has 0 radical (unpaired) electrons. The molecule has 1 atom stereocenters. The molecule has 4 rings (SSSR count). The fraction of sp³-hybridized carbons (Fsp3) is 0.429. The minimum absolute atomic E-state index is 0.116. The number of aromatic amines is 1. The van der Waals surface area contributed by atoms with Crippen molar-refractivity contribution in [1.82, 2.24) is 9.88 Å². The molecule has 1 saturated heterocycles. The zero-order valence-electron chi connectivity index (χ0n) is 14.7. The summed E-state index contributed by atoms with van der Waals surface area (Å²) in [6, 6.07) is 10.2. The lowest BCUT2D eigenvalue weighted by Gasteiger charge is -2.33. The molecule has 4 nitrogen and oxygen atoms in total. The van der Waals surface area contributed by atoms with Crippen LogP contribution in [0.2, 0.25) is 0 Å². The molecule has 0 spiro atoms. The van der Waals surface area contributed by atoms with Crippen LogP contribution < -0.4 is 5.56 Å². The molecule has 2 aromatic rings. The van der Waals surface area contributed by atoms with Gasteiger partial charge in [-0.15, -0.1) is 0 Å². The highest BCUT2D eigenvalue weighted by Crippen LogP contribution is 2.29. The van der Waals surface area contributed by atoms with E-state index in [0.717, 1.165) is 49.9 Å². The number of aryl methyl sites for hydroxylation is 3. The van der Waals surface area contributed by atoms with Crippen LogP contribution in [0.15, 0.2) is 35.1 Å². The number of hydrogen-bond acceptors (Lipinski definition) is 2. The molecule has 0 unspecified atom stereocenters. The van der Waals surface area contributed by atoms with Gasteiger partial charge >= 0.3 is 0 Å². The molecule has 1 N–H and O–H groups in total. The van der Waals surface area contributed by atoms with E-state index < -0.39 is 0 Å². The number of H-pyrrole nitrogens is 1. The molecule has 1 aromatic heterocycles. The zero-order valence-corrected chi connectivity index (χ0v) is 14.7. The van der Waals surface area contributed by atoms with Crippen LogP contribution in [0.25, 0.3) is 0 Å². The Hall–Kier alpha value is -2.36. The van der Waals surface area contributed by atoms with E-state index >= 15 is 0 Å². The highest BCUT2D eigenvalue weighted by atomic mass is 16.2. The fourth-order valence-corrected chi connectivity index (χ4v) is 4.30. The third-order valence-corrected chi connectivity index (χ3v) is 5.66. The molecule has 1 amide bonds. The number of fused-ring (bicyclic) bond motifs is 1. The molecule has 2 aliphatic rings. The van der Waals surface area contributed by atoms with Gasteiger partial charge in [-0.3, -0.25) is 9.59 Å². The van der Waals surface area contributed by atoms with Gasteiger partial charge in [0.2, 0.25) is 0 Å². The summed E-state index contributed by atoms with van der Waals surface area (Å²) in [7, 11) is 0. The Morgan fingerprint density at radius 3 is 2.88 bits per heavy atom. The summed E-state index contributed by atoms with van der Waals surface area (Å²) in [6.07, 6.45) is 5.00. The first kappa shape index (κ1) is 16.1. The van der Waals surface area contributed by atoms with Gasteiger partial charge < -0.3 is 9.88 Å². The number of carbonyl (C=O) groups excluding carboxylic acids is 1. The van der Waals surface area contributed by atoms with Crippen molar-refractivity contribution in [2.45, 2.75) is 44.9 Å². The smallest absolute Gasteiger partial charge is 0.261 e. The molecule has 4 heteroatoms. The van der Waals surface area contributed by atoms with Gasteiger partial charge in [-0.25, -0.2) is 0 Å². The quantitative estimate of drug-likeness (QED) is 0.916. The van der Waals surface area contributed by atoms with E-state index in [2.05, 4.69) is 36.2 Å². The molecule has 25 heavy (non-hydrogen) atoms. The maximum atomic E-state index is 13.0. The van der Waals surface area contributed by atoms with Crippen molar-refractivity contribution in [3.63, 3.8) is 0 Å². The third-order valence-electron chi connectivity index (χ3n) is 5.66. The highest BCUT2D eigenvalue weighted by Gasteiger charge is 2.28. The molecule has 0 bridgehead atoms. The lowest BCUT2D eigenvalue weighted by molar-refractivity contribution is 0.0705. The minimum Gasteiger partial charge on any atom is -0.338 e. The van der Waals surface area contributed by atoms with Gasteiger partial charge in [-0.05, 0) is 61.8 Å². The SMILES string of the molecule is Cc1ccccc1[C@H]1CCCN(C(=O)c2cc3c([nH]c2=O)CCC3)C1. The van der Waals surface area contributed by atoms with Crippen molar-refractivity contribution in [1.29, 1.82) is 0 Å². The summed E-state index contributed by atoms with van der Waals surface area (Å²) >= 11 is 0. The number of nitrogens with zero attached hydrogens (tertiary/aromatic N) is 1. The van der Waals surface area contributed by atoms with Crippen LogP contribution >= 0.6 is 0 Å². The first-order chi connectivity index (χ1) is 12.1. The second kappa shape index (κ2) is 6.51. The Kier molecular flexibility index (Phi) is 4.20. The Balaban J connectivity index is 1.59. The standard InChI is InChI=1S/C21H24N2O2/c1-14-6-2-3-9-17(14)16-8-5-11-23(13-16)21(25)18-12-15-7-4-10-19(15)22-20(18)24/h2-3,6,9,12,16H,4-5,7-8,10-11,13H2,1H3,(H,22,24)/t16-/m0/s1. The van der Waals surface area contributed by atoms with E-state index in [1.807, 2.05) is 11.0 Å². The van der Waals surface area contributed by atoms with Gasteiger partial charge in [0.25, 0.3) is 11.5 Å². The lowest BCUT2D eigenvalue weighted by Crippen LogP contribution is -2.41. The summed E-state index contributed by atoms with van der Waals surface area (Å²) < 4.78 is 0. The number of carbonyl (C=O) groups is 1. The van der Waals surface area contributed by atoms with Crippen LogP contribution in [0.4, 0.5) is 0 Å². The molecule has 2 heterocycles. The predicted octanol–water partition coefficient (Wildman–Crippen LogP) is 3.19. The van der Waals surface area contributed by atoms with Crippen LogP contribution in [0, 0.1) is 6.92 Å². The molecular formula is C21H24N2O2. The molecule has 0 saturated carbocycles. The summed E-state index contributed by atoms with van der Waals surface area (Å²) in [5.41, 5.74) is 4.82. The first-order valence-corrected chi connectivity index (χ1v) is 9.23. The molecule has 130 valence electrons. The van der Waals surface area contributed by atoms with Crippen molar-refractivity contribution >= 4 is 5.91 Å². The van der Waals surface area contributed by atoms with Gasteiger partial charge in [0.05, 0.1) is 0 Å². The zero-order chi connectivity index (χ0) is 17.4. The van der Waals surface area contributed by atoms with Crippen LogP contribution in [-0.2, 0) is 12.8 Å². The van der Waals surface area contributed by atoms with Crippen molar-refractivity contribution < 1.29 is 4.79 Å². The van der Waals surface area contributed by atoms with Crippen molar-refractivity contribution in [2.75, 3.05) is 13.1 Å². The van der Waals surface area contributed by atoms with Gasteiger partial charge in [-0.2, -0.15) is 0 Å². The van der Waals surface area contributed by atoms with E-state index in [1.54, 1.807) is 0 Å². The summed E-state index contributed by atoms with van der Waals surface area (Å²) in [5.74, 6) is 0.238. The number of piperidine rings is 1. The maximum Gasteiger partial charge on any atom is 0.261 e. The maximum absolute atomic E-state index is 13.0. The molecular weight excluding hydrogens is 312 g/mol. The van der Waals surface area contributed by atoms with Crippen LogP contribution in [-0.4, -0.2) is 28.9 Å². The molecule has 1 aliphatic heterocycles. The number of hydrogen-bond donors (Lipinski definition) is 1. The number of aromatic nitrogens is 1. The number of likely N-dealkylation sites (tertiary alicyclic amines) is 1. The van der Waals surface area contributed by atoms with E-state index in [-0.39, 0.29) is 11.5 Å². The second-order valence-electron chi connectivity index (χ2n) is 7.32. The summed E-state index contributed by atoms with van der Waals surface area (Å²) in [6.45, 7) is 3.55. The average molecular weight is 336 g/mol. The van der Waals surface area contributed by atoms with Crippen LogP contribution in [0.5, 0.6) is 0 Å². The topological polar surface area (TPSA) is 53.2 Å². The van der Waals surface area contributed by atoms with Crippen molar-refractivity contribution in [3.8, 4) is 0 Å². The fourth-order valence-electron chi connectivity index (χ4n) is 4.30. The molecule has 1 aromatic carbocycles. The number of rotatable bonds is 2. The van der Waals surface area contributed by atoms with Crippen LogP contribution in [0.1, 0.15) is 57.9 Å². The Morgan fingerprint density at radius 2 is 2.04 bits per heavy atom. The monoisotopic (exact) mass is 336 g/mol. The second-order valence-corrected chi connectivity index (χ2v) is 7.32. The minimum atomic E-state index is -0.233. The average Bonchev–Trinajstić information content (AvgIpc) is 3.08. The van der Waals surface area contributed by atoms with Crippen LogP contribution in [0.3, 0.4) is 0 Å². The summed E-state index contributed by atoms with van der Waals surface area (Å²) in [5, 5.41) is 0. The first-order valence-electron chi connectivity index (χ1n) is 9.23. The van der Waals surface area contributed by atoms with E-state index in [1.165, 1.54) is 11.1 Å². The summed E-state index contributed by atoms with van der Waals surface area (Å²) in [4.78, 5) is 30.1. The van der Waals surface area contributed by atoms with Gasteiger partial charge in [0.1, 0.15) is 5.56 Å². The number of amides is 1. The van der Waals surface area contributed by atoms with Crippen molar-refractivity contribution in [3.05, 3.63) is 68.6 Å². The largest absolute Gasteiger partial charge is 0.338 e. The third kappa shape index (κ3) is 3.01. The highest BCUT2D eigenvalue weighted by molar-refractivity contribution is 5.94. The van der Waals surface area contributed by atoms with E-state index in [0.29, 0.717) is 18.0 Å². The number of benzene rings is 1. The predicted molar refractivity (Wildman–Crippen MR) is 98.1 cm³/mol. The van der Waals surface area contributed by atoms with E-state index in [9.17, 15) is 9.59 Å². The lowest BCUT2D eigenvalue weighted by atomic mass is 9.88. The Morgan fingerprint density at radius 1 is 1.20 bits per heavy atom. The number of pyridine rings is 1. The van der Waals surface area contributed by atoms with E-state index in [4.69, 9.17) is 0 Å². The molecule has 1 fully saturated rings. The normalized spacial score (nSPS) is 19.7. The number of nitrogens with one attached hydrogen (secondary N) is 1. The van der Waals surface area contributed by atoms with Crippen molar-refractivity contribution in [2.24, 2.45) is 0 Å². The Bertz CT molecular complexity index is 868. The Labute approximate surface area is 147 Å². The van der Waals surface area contributed by atoms with Gasteiger partial charge in [0, 0.05) is 24.7 Å². The molecule has 1 aliphatic carbocycles.